The molecular weight excluding hydrogens is 573 g/mol. The molecule has 234 valence electrons. The van der Waals surface area contributed by atoms with Gasteiger partial charge in [0.2, 0.25) is 10.0 Å². The number of amidine groups is 1. The highest BCUT2D eigenvalue weighted by Crippen LogP contribution is 2.36. The van der Waals surface area contributed by atoms with Crippen molar-refractivity contribution in [2.45, 2.75) is 88.8 Å². The van der Waals surface area contributed by atoms with Crippen LogP contribution in [-0.2, 0) is 32.2 Å². The standard InChI is InChI=1S/C29H41F3N4O5S/c30-29(31,32)25-19-23(33-20-24(38)9-5-2-6-17-37)11-10-21(25)12-18-42(40,41)36-15-13-28(14-16-36)27(39)34-26(35-28)22-7-3-1-4-8-22/h10-11,19,22,33,37H,1-9,12-18,20H2,(H,34,35,39). The largest absolute Gasteiger partial charge is 0.416 e. The van der Waals surface area contributed by atoms with Gasteiger partial charge in [-0.3, -0.25) is 14.6 Å². The van der Waals surface area contributed by atoms with Crippen molar-refractivity contribution in [3.05, 3.63) is 29.3 Å². The van der Waals surface area contributed by atoms with Crippen molar-refractivity contribution < 1.29 is 36.3 Å². The molecule has 0 atom stereocenters. The Kier molecular flexibility index (Phi) is 10.7. The number of aliphatic hydroxyl groups is 1. The van der Waals surface area contributed by atoms with Gasteiger partial charge < -0.3 is 15.7 Å². The number of aliphatic hydroxyl groups excluding tert-OH is 1. The van der Waals surface area contributed by atoms with Crippen LogP contribution in [0.5, 0.6) is 0 Å². The molecule has 0 radical (unpaired) electrons. The number of anilines is 1. The number of hydrogen-bond donors (Lipinski definition) is 3. The maximum atomic E-state index is 13.9. The van der Waals surface area contributed by atoms with Gasteiger partial charge in [0, 0.05) is 37.7 Å². The van der Waals surface area contributed by atoms with Crippen molar-refractivity contribution in [2.75, 3.05) is 37.3 Å². The second-order valence-electron chi connectivity index (χ2n) is 11.6. The maximum Gasteiger partial charge on any atom is 0.416 e. The van der Waals surface area contributed by atoms with Gasteiger partial charge in [0.25, 0.3) is 5.91 Å². The first kappa shape index (κ1) is 32.4. The average molecular weight is 615 g/mol. The summed E-state index contributed by atoms with van der Waals surface area (Å²) in [7, 11) is -3.88. The molecule has 3 N–H and O–H groups in total. The molecule has 3 aliphatic rings. The molecule has 9 nitrogen and oxygen atoms in total. The molecule has 1 amide bonds. The Morgan fingerprint density at radius 2 is 1.83 bits per heavy atom. The zero-order valence-corrected chi connectivity index (χ0v) is 24.7. The molecule has 0 aromatic heterocycles. The quantitative estimate of drug-likeness (QED) is 0.288. The lowest BCUT2D eigenvalue weighted by Gasteiger charge is -2.34. The minimum Gasteiger partial charge on any atom is -0.396 e. The SMILES string of the molecule is O=C(CCCCCO)CNc1ccc(CCS(=O)(=O)N2CCC3(CC2)N=C(C2CCCCC2)NC3=O)c(C(F)(F)F)c1. The van der Waals surface area contributed by atoms with E-state index in [0.717, 1.165) is 37.6 Å². The van der Waals surface area contributed by atoms with Gasteiger partial charge in [0.1, 0.15) is 11.4 Å². The number of rotatable bonds is 13. The lowest BCUT2D eigenvalue weighted by atomic mass is 9.88. The molecule has 4 rings (SSSR count). The monoisotopic (exact) mass is 614 g/mol. The molecule has 1 spiro atoms. The van der Waals surface area contributed by atoms with E-state index in [9.17, 15) is 31.2 Å². The number of benzene rings is 1. The summed E-state index contributed by atoms with van der Waals surface area (Å²) in [5.41, 5.74) is -1.92. The summed E-state index contributed by atoms with van der Waals surface area (Å²) in [5.74, 6) is 0.121. The van der Waals surface area contributed by atoms with Gasteiger partial charge in [-0.1, -0.05) is 31.7 Å². The first-order chi connectivity index (χ1) is 19.9. The Labute approximate surface area is 245 Å². The topological polar surface area (TPSA) is 128 Å². The smallest absolute Gasteiger partial charge is 0.396 e. The van der Waals surface area contributed by atoms with Crippen LogP contribution in [0.3, 0.4) is 0 Å². The van der Waals surface area contributed by atoms with E-state index in [1.54, 1.807) is 0 Å². The normalized spacial score (nSPS) is 20.0. The highest BCUT2D eigenvalue weighted by Gasteiger charge is 2.48. The number of amides is 1. The third-order valence-corrected chi connectivity index (χ3v) is 10.5. The lowest BCUT2D eigenvalue weighted by Crippen LogP contribution is -2.51. The fourth-order valence-electron chi connectivity index (χ4n) is 6.02. The molecule has 0 bridgehead atoms. The Morgan fingerprint density at radius 1 is 1.12 bits per heavy atom. The van der Waals surface area contributed by atoms with E-state index in [-0.39, 0.29) is 80.8 Å². The average Bonchev–Trinajstić information content (AvgIpc) is 3.28. The second kappa shape index (κ2) is 13.9. The molecule has 13 heteroatoms. The Bertz CT molecular complexity index is 1250. The molecule has 1 aromatic carbocycles. The fraction of sp³-hybridized carbons (Fsp3) is 0.690. The number of Topliss-reactive ketones (excluding diaryl/α,β-unsaturated/α-hetero) is 1. The number of aryl methyl sites for hydroxylation is 1. The highest BCUT2D eigenvalue weighted by atomic mass is 32.2. The summed E-state index contributed by atoms with van der Waals surface area (Å²) in [6.45, 7) is 0.0964. The van der Waals surface area contributed by atoms with E-state index in [4.69, 9.17) is 10.1 Å². The van der Waals surface area contributed by atoms with Gasteiger partial charge in [0.05, 0.1) is 17.9 Å². The number of carbonyl (C=O) groups excluding carboxylic acids is 2. The van der Waals surface area contributed by atoms with Crippen molar-refractivity contribution in [3.8, 4) is 0 Å². The van der Waals surface area contributed by atoms with E-state index in [0.29, 0.717) is 19.3 Å². The van der Waals surface area contributed by atoms with Crippen LogP contribution in [0.1, 0.15) is 81.8 Å². The number of halogens is 3. The van der Waals surface area contributed by atoms with Crippen LogP contribution in [0.4, 0.5) is 18.9 Å². The molecular formula is C29H41F3N4O5S. The second-order valence-corrected chi connectivity index (χ2v) is 13.7. The van der Waals surface area contributed by atoms with E-state index < -0.39 is 33.1 Å². The number of hydrogen-bond acceptors (Lipinski definition) is 7. The third-order valence-electron chi connectivity index (χ3n) is 8.58. The summed E-state index contributed by atoms with van der Waals surface area (Å²) in [5, 5.41) is 14.5. The number of ketones is 1. The molecule has 1 aliphatic carbocycles. The summed E-state index contributed by atoms with van der Waals surface area (Å²) >= 11 is 0. The predicted octanol–water partition coefficient (Wildman–Crippen LogP) is 4.05. The molecule has 42 heavy (non-hydrogen) atoms. The van der Waals surface area contributed by atoms with Crippen molar-refractivity contribution in [3.63, 3.8) is 0 Å². The number of aliphatic imine (C=N–C) groups is 1. The van der Waals surface area contributed by atoms with Crippen LogP contribution in [0, 0.1) is 5.92 Å². The van der Waals surface area contributed by atoms with Gasteiger partial charge >= 0.3 is 6.18 Å². The fourth-order valence-corrected chi connectivity index (χ4v) is 7.50. The zero-order chi connectivity index (χ0) is 30.4. The molecule has 1 saturated heterocycles. The van der Waals surface area contributed by atoms with Gasteiger partial charge in [-0.15, -0.1) is 0 Å². The van der Waals surface area contributed by atoms with Crippen LogP contribution in [0.15, 0.2) is 23.2 Å². The number of carbonyl (C=O) groups is 2. The number of piperidine rings is 1. The zero-order valence-electron chi connectivity index (χ0n) is 23.8. The Morgan fingerprint density at radius 3 is 2.50 bits per heavy atom. The van der Waals surface area contributed by atoms with E-state index >= 15 is 0 Å². The highest BCUT2D eigenvalue weighted by molar-refractivity contribution is 7.89. The molecule has 1 saturated carbocycles. The van der Waals surface area contributed by atoms with Crippen LogP contribution >= 0.6 is 0 Å². The van der Waals surface area contributed by atoms with Crippen molar-refractivity contribution in [2.24, 2.45) is 10.9 Å². The van der Waals surface area contributed by atoms with E-state index in [1.165, 1.54) is 22.9 Å². The summed E-state index contributed by atoms with van der Waals surface area (Å²) in [4.78, 5) is 29.6. The Hall–Kier alpha value is -2.51. The predicted molar refractivity (Wildman–Crippen MR) is 154 cm³/mol. The van der Waals surface area contributed by atoms with E-state index in [1.807, 2.05) is 0 Å². The van der Waals surface area contributed by atoms with E-state index in [2.05, 4.69) is 10.6 Å². The lowest BCUT2D eigenvalue weighted by molar-refractivity contribution is -0.138. The summed E-state index contributed by atoms with van der Waals surface area (Å²) in [6.07, 6.45) is 2.95. The Balaban J connectivity index is 1.34. The van der Waals surface area contributed by atoms with Crippen LogP contribution < -0.4 is 10.6 Å². The van der Waals surface area contributed by atoms with Gasteiger partial charge in [-0.2, -0.15) is 13.2 Å². The molecule has 0 unspecified atom stereocenters. The van der Waals surface area contributed by atoms with Gasteiger partial charge in [0.15, 0.2) is 5.78 Å². The van der Waals surface area contributed by atoms with Crippen molar-refractivity contribution in [1.82, 2.24) is 9.62 Å². The van der Waals surface area contributed by atoms with Crippen LogP contribution in [0.2, 0.25) is 0 Å². The first-order valence-corrected chi connectivity index (χ1v) is 16.5. The molecule has 2 heterocycles. The minimum atomic E-state index is -4.70. The summed E-state index contributed by atoms with van der Waals surface area (Å²) in [6, 6.07) is 3.58. The van der Waals surface area contributed by atoms with Crippen LogP contribution in [0.25, 0.3) is 0 Å². The number of unbranched alkanes of at least 4 members (excludes halogenated alkanes) is 2. The number of nitrogens with one attached hydrogen (secondary N) is 2. The minimum absolute atomic E-state index is 0.0496. The number of nitrogens with zero attached hydrogens (tertiary/aromatic N) is 2. The molecule has 2 fully saturated rings. The summed E-state index contributed by atoms with van der Waals surface area (Å²) < 4.78 is 69.2. The van der Waals surface area contributed by atoms with Gasteiger partial charge in [-0.25, -0.2) is 12.7 Å². The molecule has 2 aliphatic heterocycles. The molecule has 1 aromatic rings. The number of alkyl halides is 3. The van der Waals surface area contributed by atoms with Crippen molar-refractivity contribution >= 4 is 33.2 Å². The van der Waals surface area contributed by atoms with Crippen molar-refractivity contribution in [1.29, 1.82) is 0 Å². The van der Waals surface area contributed by atoms with Crippen LogP contribution in [-0.4, -0.2) is 72.9 Å². The first-order valence-electron chi connectivity index (χ1n) is 14.9. The van der Waals surface area contributed by atoms with Gasteiger partial charge in [-0.05, 0) is 62.6 Å². The third kappa shape index (κ3) is 8.10. The maximum absolute atomic E-state index is 13.9. The number of sulfonamides is 1.